The number of carbonyl (C=O) groups excluding carboxylic acids is 2. The quantitative estimate of drug-likeness (QED) is 0.377. The number of aliphatic hydroxyl groups excluding tert-OH is 2. The maximum Gasteiger partial charge on any atom is 0.195 e. The molecule has 0 spiro atoms. The van der Waals surface area contributed by atoms with Crippen LogP contribution in [0.5, 0.6) is 0 Å². The number of rotatable bonds is 8. The largest absolute Gasteiger partial charge is 0.380 e. The van der Waals surface area contributed by atoms with E-state index in [9.17, 15) is 19.8 Å². The second-order valence-corrected chi connectivity index (χ2v) is 7.93. The van der Waals surface area contributed by atoms with E-state index in [1.807, 2.05) is 36.4 Å². The van der Waals surface area contributed by atoms with E-state index in [0.717, 1.165) is 11.1 Å². The number of aliphatic hydroxyl groups is 2. The van der Waals surface area contributed by atoms with E-state index in [1.54, 1.807) is 72.8 Å². The molecule has 4 aromatic carbocycles. The number of Topliss-reactive ketones (excluding diaryl/α,β-unsaturated/α-hetero) is 2. The van der Waals surface area contributed by atoms with Crippen LogP contribution in [-0.4, -0.2) is 21.8 Å². The molecule has 0 radical (unpaired) electrons. The summed E-state index contributed by atoms with van der Waals surface area (Å²) in [6.07, 6.45) is -1.74. The molecule has 2 N–H and O–H groups in total. The van der Waals surface area contributed by atoms with Crippen LogP contribution in [0.15, 0.2) is 109 Å². The van der Waals surface area contributed by atoms with Crippen molar-refractivity contribution in [2.75, 3.05) is 0 Å². The highest BCUT2D eigenvalue weighted by Gasteiger charge is 2.20. The van der Waals surface area contributed by atoms with Crippen LogP contribution in [0.4, 0.5) is 0 Å². The molecular formula is C29H24O4. The number of hydrogen-bond donors (Lipinski definition) is 2. The molecule has 0 aliphatic rings. The van der Waals surface area contributed by atoms with Gasteiger partial charge < -0.3 is 10.2 Å². The lowest BCUT2D eigenvalue weighted by Crippen LogP contribution is -2.12. The number of benzene rings is 4. The predicted octanol–water partition coefficient (Wildman–Crippen LogP) is 5.11. The molecular weight excluding hydrogens is 412 g/mol. The van der Waals surface area contributed by atoms with E-state index in [4.69, 9.17) is 0 Å². The van der Waals surface area contributed by atoms with Crippen molar-refractivity contribution in [2.45, 2.75) is 18.6 Å². The summed E-state index contributed by atoms with van der Waals surface area (Å²) in [5.41, 5.74) is 4.04. The highest BCUT2D eigenvalue weighted by molar-refractivity contribution is 6.00. The van der Waals surface area contributed by atoms with E-state index in [-0.39, 0.29) is 11.6 Å². The van der Waals surface area contributed by atoms with Gasteiger partial charge in [-0.25, -0.2) is 0 Å². The first-order valence-electron chi connectivity index (χ1n) is 10.8. The second-order valence-electron chi connectivity index (χ2n) is 7.93. The van der Waals surface area contributed by atoms with Gasteiger partial charge in [-0.2, -0.15) is 0 Å². The maximum absolute atomic E-state index is 12.6. The Morgan fingerprint density at radius 1 is 0.515 bits per heavy atom. The summed E-state index contributed by atoms with van der Waals surface area (Å²) in [4.78, 5) is 25.1. The third-order valence-corrected chi connectivity index (χ3v) is 5.61. The fraction of sp³-hybridized carbons (Fsp3) is 0.103. The first-order chi connectivity index (χ1) is 16.0. The fourth-order valence-corrected chi connectivity index (χ4v) is 3.70. The van der Waals surface area contributed by atoms with Crippen LogP contribution >= 0.6 is 0 Å². The maximum atomic E-state index is 12.6. The van der Waals surface area contributed by atoms with E-state index in [0.29, 0.717) is 28.7 Å². The van der Waals surface area contributed by atoms with Crippen LogP contribution in [0.1, 0.15) is 55.2 Å². The molecule has 2 unspecified atom stereocenters. The van der Waals surface area contributed by atoms with Gasteiger partial charge in [-0.3, -0.25) is 9.59 Å². The molecule has 0 aliphatic heterocycles. The zero-order valence-corrected chi connectivity index (χ0v) is 18.0. The van der Waals surface area contributed by atoms with Crippen molar-refractivity contribution in [1.82, 2.24) is 0 Å². The summed E-state index contributed by atoms with van der Waals surface area (Å²) in [5.74, 6) is -0.680. The molecule has 164 valence electrons. The SMILES string of the molecule is O=C(c1ccc(Cc2ccc(C(=O)C(O)c3ccccc3)cc2)cc1)C(O)c1ccccc1. The van der Waals surface area contributed by atoms with Gasteiger partial charge in [0.15, 0.2) is 11.6 Å². The standard InChI is InChI=1S/C29H24O4/c30-26(22-7-3-1-4-8-22)28(32)24-15-11-20(12-16-24)19-21-13-17-25(18-14-21)29(33)27(31)23-9-5-2-6-10-23/h1-18,26-27,30-31H,19H2. The molecule has 0 bridgehead atoms. The summed E-state index contributed by atoms with van der Waals surface area (Å²) >= 11 is 0. The second kappa shape index (κ2) is 10.2. The number of carbonyl (C=O) groups is 2. The molecule has 4 aromatic rings. The summed E-state index contributed by atoms with van der Waals surface area (Å²) in [6.45, 7) is 0. The first kappa shape index (κ1) is 22.3. The molecule has 0 saturated carbocycles. The minimum absolute atomic E-state index is 0.340. The number of hydrogen-bond acceptors (Lipinski definition) is 4. The Kier molecular flexibility index (Phi) is 6.89. The zero-order valence-electron chi connectivity index (χ0n) is 18.0. The zero-order chi connectivity index (χ0) is 23.2. The molecule has 4 nitrogen and oxygen atoms in total. The van der Waals surface area contributed by atoms with Crippen molar-refractivity contribution in [3.05, 3.63) is 143 Å². The topological polar surface area (TPSA) is 74.6 Å². The number of ketones is 2. The molecule has 0 saturated heterocycles. The molecule has 4 heteroatoms. The summed E-state index contributed by atoms with van der Waals surface area (Å²) in [5, 5.41) is 20.7. The summed E-state index contributed by atoms with van der Waals surface area (Å²) in [7, 11) is 0. The molecule has 0 heterocycles. The van der Waals surface area contributed by atoms with Crippen LogP contribution in [0.3, 0.4) is 0 Å². The third kappa shape index (κ3) is 5.32. The third-order valence-electron chi connectivity index (χ3n) is 5.61. The van der Waals surface area contributed by atoms with E-state index in [2.05, 4.69) is 0 Å². The lowest BCUT2D eigenvalue weighted by atomic mass is 9.96. The Balaban J connectivity index is 1.40. The lowest BCUT2D eigenvalue weighted by Gasteiger charge is -2.11. The van der Waals surface area contributed by atoms with Crippen LogP contribution in [0.2, 0.25) is 0 Å². The van der Waals surface area contributed by atoms with Crippen molar-refractivity contribution in [3.8, 4) is 0 Å². The minimum atomic E-state index is -1.19. The van der Waals surface area contributed by atoms with Crippen LogP contribution in [0.25, 0.3) is 0 Å². The van der Waals surface area contributed by atoms with Gasteiger partial charge in [0.2, 0.25) is 0 Å². The smallest absolute Gasteiger partial charge is 0.195 e. The van der Waals surface area contributed by atoms with Gasteiger partial charge in [0.25, 0.3) is 0 Å². The molecule has 0 aromatic heterocycles. The fourth-order valence-electron chi connectivity index (χ4n) is 3.70. The van der Waals surface area contributed by atoms with Crippen LogP contribution in [0, 0.1) is 0 Å². The Labute approximate surface area is 192 Å². The predicted molar refractivity (Wildman–Crippen MR) is 127 cm³/mol. The molecule has 2 atom stereocenters. The van der Waals surface area contributed by atoms with Crippen molar-refractivity contribution in [2.24, 2.45) is 0 Å². The first-order valence-corrected chi connectivity index (χ1v) is 10.8. The van der Waals surface area contributed by atoms with E-state index < -0.39 is 12.2 Å². The van der Waals surface area contributed by atoms with Crippen molar-refractivity contribution in [1.29, 1.82) is 0 Å². The van der Waals surface area contributed by atoms with Crippen LogP contribution in [-0.2, 0) is 6.42 Å². The average Bonchev–Trinajstić information content (AvgIpc) is 2.89. The Morgan fingerprint density at radius 3 is 1.18 bits per heavy atom. The van der Waals surface area contributed by atoms with E-state index >= 15 is 0 Å². The molecule has 0 amide bonds. The molecule has 33 heavy (non-hydrogen) atoms. The van der Waals surface area contributed by atoms with Gasteiger partial charge in [-0.15, -0.1) is 0 Å². The van der Waals surface area contributed by atoms with Crippen molar-refractivity contribution in [3.63, 3.8) is 0 Å². The van der Waals surface area contributed by atoms with Crippen molar-refractivity contribution >= 4 is 11.6 Å². The average molecular weight is 437 g/mol. The molecule has 0 aliphatic carbocycles. The lowest BCUT2D eigenvalue weighted by molar-refractivity contribution is 0.0743. The van der Waals surface area contributed by atoms with Gasteiger partial charge in [0.05, 0.1) is 0 Å². The normalized spacial score (nSPS) is 12.7. The molecule has 0 fully saturated rings. The van der Waals surface area contributed by atoms with Gasteiger partial charge >= 0.3 is 0 Å². The van der Waals surface area contributed by atoms with Gasteiger partial charge in [0, 0.05) is 11.1 Å². The Morgan fingerprint density at radius 2 is 0.848 bits per heavy atom. The highest BCUT2D eigenvalue weighted by Crippen LogP contribution is 2.21. The van der Waals surface area contributed by atoms with Gasteiger partial charge in [-0.1, -0.05) is 109 Å². The molecule has 4 rings (SSSR count). The minimum Gasteiger partial charge on any atom is -0.380 e. The Bertz CT molecular complexity index is 1120. The highest BCUT2D eigenvalue weighted by atomic mass is 16.3. The van der Waals surface area contributed by atoms with Gasteiger partial charge in [0.1, 0.15) is 12.2 Å². The Hall–Kier alpha value is -3.86. The van der Waals surface area contributed by atoms with Gasteiger partial charge in [-0.05, 0) is 28.7 Å². The summed E-state index contributed by atoms with van der Waals surface area (Å²) < 4.78 is 0. The van der Waals surface area contributed by atoms with Crippen LogP contribution < -0.4 is 0 Å². The van der Waals surface area contributed by atoms with Crippen molar-refractivity contribution < 1.29 is 19.8 Å². The monoisotopic (exact) mass is 436 g/mol. The van der Waals surface area contributed by atoms with E-state index in [1.165, 1.54) is 0 Å². The summed E-state index contributed by atoms with van der Waals surface area (Å²) in [6, 6.07) is 32.1.